The zero-order valence-corrected chi connectivity index (χ0v) is 9.78. The molecule has 0 amide bonds. The standard InChI is InChI=1S/C11H20N4O/c1-16-9(7-12)11-13-10(14-15-11)8-5-3-2-4-6-8/h8-9H,2-7,12H2,1H3,(H,13,14,15). The van der Waals surface area contributed by atoms with E-state index in [1.165, 1.54) is 32.1 Å². The lowest BCUT2D eigenvalue weighted by Crippen LogP contribution is -2.15. The average molecular weight is 224 g/mol. The second-order valence-corrected chi connectivity index (χ2v) is 4.37. The van der Waals surface area contributed by atoms with Gasteiger partial charge < -0.3 is 10.5 Å². The first-order chi connectivity index (χ1) is 7.85. The van der Waals surface area contributed by atoms with Gasteiger partial charge in [0.1, 0.15) is 11.9 Å². The maximum Gasteiger partial charge on any atom is 0.180 e. The molecule has 90 valence electrons. The lowest BCUT2D eigenvalue weighted by molar-refractivity contribution is 0.103. The molecule has 1 heterocycles. The fourth-order valence-corrected chi connectivity index (χ4v) is 2.30. The second kappa shape index (κ2) is 5.41. The van der Waals surface area contributed by atoms with Crippen LogP contribution in [-0.4, -0.2) is 28.8 Å². The van der Waals surface area contributed by atoms with E-state index in [1.54, 1.807) is 7.11 Å². The van der Waals surface area contributed by atoms with E-state index in [-0.39, 0.29) is 6.10 Å². The van der Waals surface area contributed by atoms with Crippen LogP contribution in [0.15, 0.2) is 0 Å². The molecular weight excluding hydrogens is 204 g/mol. The molecule has 1 aliphatic carbocycles. The van der Waals surface area contributed by atoms with Crippen molar-refractivity contribution in [2.24, 2.45) is 5.73 Å². The fourth-order valence-electron chi connectivity index (χ4n) is 2.30. The molecule has 0 aliphatic heterocycles. The summed E-state index contributed by atoms with van der Waals surface area (Å²) in [6, 6.07) is 0. The van der Waals surface area contributed by atoms with Gasteiger partial charge in [0.05, 0.1) is 0 Å². The molecule has 0 aromatic carbocycles. The molecule has 0 radical (unpaired) electrons. The van der Waals surface area contributed by atoms with Gasteiger partial charge in [-0.1, -0.05) is 19.3 Å². The summed E-state index contributed by atoms with van der Waals surface area (Å²) < 4.78 is 5.22. The third-order valence-corrected chi connectivity index (χ3v) is 3.30. The smallest absolute Gasteiger partial charge is 0.180 e. The van der Waals surface area contributed by atoms with Gasteiger partial charge in [-0.3, -0.25) is 5.10 Å². The van der Waals surface area contributed by atoms with Crippen LogP contribution >= 0.6 is 0 Å². The minimum absolute atomic E-state index is 0.186. The minimum Gasteiger partial charge on any atom is -0.372 e. The van der Waals surface area contributed by atoms with E-state index in [9.17, 15) is 0 Å². The van der Waals surface area contributed by atoms with E-state index >= 15 is 0 Å². The molecule has 1 unspecified atom stereocenters. The van der Waals surface area contributed by atoms with E-state index < -0.39 is 0 Å². The minimum atomic E-state index is -0.186. The molecule has 1 aromatic rings. The number of aromatic nitrogens is 3. The van der Waals surface area contributed by atoms with E-state index in [2.05, 4.69) is 15.2 Å². The lowest BCUT2D eigenvalue weighted by atomic mass is 9.89. The first-order valence-electron chi connectivity index (χ1n) is 6.00. The molecule has 2 rings (SSSR count). The molecule has 16 heavy (non-hydrogen) atoms. The van der Waals surface area contributed by atoms with Crippen LogP contribution in [0.2, 0.25) is 0 Å². The normalized spacial score (nSPS) is 19.9. The van der Waals surface area contributed by atoms with Crippen molar-refractivity contribution in [3.8, 4) is 0 Å². The second-order valence-electron chi connectivity index (χ2n) is 4.37. The van der Waals surface area contributed by atoms with Crippen molar-refractivity contribution in [2.75, 3.05) is 13.7 Å². The highest BCUT2D eigenvalue weighted by molar-refractivity contribution is 5.01. The number of aromatic amines is 1. The maximum atomic E-state index is 5.58. The van der Waals surface area contributed by atoms with Gasteiger partial charge in [0, 0.05) is 19.6 Å². The maximum absolute atomic E-state index is 5.58. The van der Waals surface area contributed by atoms with Crippen LogP contribution in [0.1, 0.15) is 55.8 Å². The number of nitrogens with two attached hydrogens (primary N) is 1. The van der Waals surface area contributed by atoms with E-state index in [0.717, 1.165) is 5.82 Å². The number of nitrogens with one attached hydrogen (secondary N) is 1. The van der Waals surface area contributed by atoms with E-state index in [0.29, 0.717) is 18.3 Å². The van der Waals surface area contributed by atoms with Crippen molar-refractivity contribution in [3.63, 3.8) is 0 Å². The van der Waals surface area contributed by atoms with Crippen LogP contribution in [0, 0.1) is 0 Å². The summed E-state index contributed by atoms with van der Waals surface area (Å²) >= 11 is 0. The summed E-state index contributed by atoms with van der Waals surface area (Å²) in [6.07, 6.45) is 6.19. The highest BCUT2D eigenvalue weighted by atomic mass is 16.5. The Labute approximate surface area is 95.8 Å². The van der Waals surface area contributed by atoms with Crippen LogP contribution in [-0.2, 0) is 4.74 Å². The Morgan fingerprint density at radius 3 is 2.81 bits per heavy atom. The Balaban J connectivity index is 2.05. The highest BCUT2D eigenvalue weighted by Gasteiger charge is 2.21. The van der Waals surface area contributed by atoms with E-state index in [4.69, 9.17) is 10.5 Å². The molecule has 5 heteroatoms. The van der Waals surface area contributed by atoms with Crippen molar-refractivity contribution in [1.29, 1.82) is 0 Å². The predicted molar refractivity (Wildman–Crippen MR) is 61.0 cm³/mol. The Morgan fingerprint density at radius 1 is 1.44 bits per heavy atom. The van der Waals surface area contributed by atoms with Crippen LogP contribution in [0.25, 0.3) is 0 Å². The number of hydrogen-bond acceptors (Lipinski definition) is 4. The largest absolute Gasteiger partial charge is 0.372 e. The lowest BCUT2D eigenvalue weighted by Gasteiger charge is -2.18. The SMILES string of the molecule is COC(CN)c1n[nH]c(C2CCCCC2)n1. The quantitative estimate of drug-likeness (QED) is 0.812. The van der Waals surface area contributed by atoms with Gasteiger partial charge in [0.15, 0.2) is 5.82 Å². The first kappa shape index (κ1) is 11.5. The summed E-state index contributed by atoms with van der Waals surface area (Å²) in [5.74, 6) is 2.24. The molecule has 1 saturated carbocycles. The predicted octanol–water partition coefficient (Wildman–Crippen LogP) is 1.50. The van der Waals surface area contributed by atoms with Crippen molar-refractivity contribution >= 4 is 0 Å². The molecule has 1 aromatic heterocycles. The van der Waals surface area contributed by atoms with Crippen LogP contribution in [0.3, 0.4) is 0 Å². The topological polar surface area (TPSA) is 76.8 Å². The monoisotopic (exact) mass is 224 g/mol. The van der Waals surface area contributed by atoms with Gasteiger partial charge in [-0.05, 0) is 12.8 Å². The summed E-state index contributed by atoms with van der Waals surface area (Å²) in [6.45, 7) is 0.415. The number of rotatable bonds is 4. The van der Waals surface area contributed by atoms with Gasteiger partial charge in [0.25, 0.3) is 0 Å². The van der Waals surface area contributed by atoms with Gasteiger partial charge in [-0.15, -0.1) is 0 Å². The highest BCUT2D eigenvalue weighted by Crippen LogP contribution is 2.30. The van der Waals surface area contributed by atoms with Gasteiger partial charge in [-0.25, -0.2) is 4.98 Å². The van der Waals surface area contributed by atoms with Crippen molar-refractivity contribution < 1.29 is 4.74 Å². The molecule has 1 atom stereocenters. The van der Waals surface area contributed by atoms with Crippen LogP contribution in [0.4, 0.5) is 0 Å². The van der Waals surface area contributed by atoms with Crippen LogP contribution < -0.4 is 5.73 Å². The summed E-state index contributed by atoms with van der Waals surface area (Å²) in [4.78, 5) is 4.50. The molecular formula is C11H20N4O. The zero-order chi connectivity index (χ0) is 11.4. The number of hydrogen-bond donors (Lipinski definition) is 2. The first-order valence-corrected chi connectivity index (χ1v) is 6.00. The molecule has 3 N–H and O–H groups in total. The van der Waals surface area contributed by atoms with Gasteiger partial charge >= 0.3 is 0 Å². The molecule has 1 aliphatic rings. The summed E-state index contributed by atoms with van der Waals surface area (Å²) in [7, 11) is 1.63. The average Bonchev–Trinajstić information content (AvgIpc) is 2.81. The molecule has 0 saturated heterocycles. The molecule has 1 fully saturated rings. The number of methoxy groups -OCH3 is 1. The number of ether oxygens (including phenoxy) is 1. The summed E-state index contributed by atoms with van der Waals surface area (Å²) in [5.41, 5.74) is 5.58. The Morgan fingerprint density at radius 2 is 2.19 bits per heavy atom. The third-order valence-electron chi connectivity index (χ3n) is 3.30. The molecule has 5 nitrogen and oxygen atoms in total. The van der Waals surface area contributed by atoms with Crippen molar-refractivity contribution in [2.45, 2.75) is 44.1 Å². The van der Waals surface area contributed by atoms with E-state index in [1.807, 2.05) is 0 Å². The summed E-state index contributed by atoms with van der Waals surface area (Å²) in [5, 5.41) is 7.22. The Hall–Kier alpha value is -0.940. The third kappa shape index (κ3) is 2.41. The molecule has 0 bridgehead atoms. The number of H-pyrrole nitrogens is 1. The number of nitrogens with zero attached hydrogens (tertiary/aromatic N) is 2. The fraction of sp³-hybridized carbons (Fsp3) is 0.818. The Bertz CT molecular complexity index is 316. The zero-order valence-electron chi connectivity index (χ0n) is 9.78. The van der Waals surface area contributed by atoms with Gasteiger partial charge in [-0.2, -0.15) is 5.10 Å². The van der Waals surface area contributed by atoms with Gasteiger partial charge in [0.2, 0.25) is 0 Å². The Kier molecular flexibility index (Phi) is 3.90. The molecule has 0 spiro atoms. The van der Waals surface area contributed by atoms with Crippen molar-refractivity contribution in [3.05, 3.63) is 11.6 Å². The van der Waals surface area contributed by atoms with Crippen molar-refractivity contribution in [1.82, 2.24) is 15.2 Å². The van der Waals surface area contributed by atoms with Crippen LogP contribution in [0.5, 0.6) is 0 Å².